The minimum absolute atomic E-state index is 0.0133. The van der Waals surface area contributed by atoms with Crippen molar-refractivity contribution in [2.24, 2.45) is 0 Å². The molecule has 0 saturated carbocycles. The largest absolute Gasteiger partial charge is 0.344 e. The number of likely N-dealkylation sites (tertiary alicyclic amines) is 1. The van der Waals surface area contributed by atoms with Crippen molar-refractivity contribution in [1.82, 2.24) is 9.80 Å². The molecule has 2 bridgehead atoms. The van der Waals surface area contributed by atoms with E-state index in [1.165, 1.54) is 0 Å². The van der Waals surface area contributed by atoms with Crippen molar-refractivity contribution in [1.29, 1.82) is 0 Å². The van der Waals surface area contributed by atoms with Crippen LogP contribution in [0.3, 0.4) is 0 Å². The van der Waals surface area contributed by atoms with Gasteiger partial charge in [-0.3, -0.25) is 14.4 Å². The summed E-state index contributed by atoms with van der Waals surface area (Å²) in [5.74, 6) is -0.260. The summed E-state index contributed by atoms with van der Waals surface area (Å²) in [6, 6.07) is 4.82. The van der Waals surface area contributed by atoms with Crippen LogP contribution in [0.1, 0.15) is 43.0 Å². The maximum Gasteiger partial charge on any atom is 0.256 e. The smallest absolute Gasteiger partial charge is 0.256 e. The number of carbonyl (C=O) groups excluding carboxylic acids is 3. The van der Waals surface area contributed by atoms with Crippen LogP contribution in [0.2, 0.25) is 5.02 Å². The molecular formula is C18H22ClN3O3. The first-order chi connectivity index (χ1) is 11.9. The number of hydrogen-bond donors (Lipinski definition) is 1. The number of benzene rings is 1. The minimum Gasteiger partial charge on any atom is -0.344 e. The van der Waals surface area contributed by atoms with Crippen LogP contribution in [-0.4, -0.2) is 53.2 Å². The normalized spacial score (nSPS) is 22.8. The van der Waals surface area contributed by atoms with Gasteiger partial charge in [-0.2, -0.15) is 0 Å². The molecule has 6 nitrogen and oxygen atoms in total. The van der Waals surface area contributed by atoms with E-state index in [1.807, 2.05) is 4.90 Å². The van der Waals surface area contributed by atoms with Crippen LogP contribution in [0, 0.1) is 0 Å². The molecule has 2 saturated heterocycles. The summed E-state index contributed by atoms with van der Waals surface area (Å²) >= 11 is 6.04. The molecule has 0 aromatic heterocycles. The molecule has 25 heavy (non-hydrogen) atoms. The van der Waals surface area contributed by atoms with Gasteiger partial charge in [-0.15, -0.1) is 0 Å². The average Bonchev–Trinajstić information content (AvgIpc) is 2.90. The molecule has 2 aliphatic heterocycles. The lowest BCUT2D eigenvalue weighted by molar-refractivity contribution is -0.130. The monoisotopic (exact) mass is 363 g/mol. The summed E-state index contributed by atoms with van der Waals surface area (Å²) in [5.41, 5.74) is 0.841. The number of nitrogens with one attached hydrogen (secondary N) is 1. The second kappa shape index (κ2) is 7.04. The average molecular weight is 364 g/mol. The lowest BCUT2D eigenvalue weighted by atomic mass is 10.1. The van der Waals surface area contributed by atoms with Crippen LogP contribution >= 0.6 is 11.6 Å². The number of rotatable bonds is 3. The van der Waals surface area contributed by atoms with E-state index >= 15 is 0 Å². The zero-order chi connectivity index (χ0) is 18.1. The minimum atomic E-state index is -0.176. The lowest BCUT2D eigenvalue weighted by Crippen LogP contribution is -2.43. The molecule has 134 valence electrons. The van der Waals surface area contributed by atoms with Crippen LogP contribution in [0.5, 0.6) is 0 Å². The maximum absolute atomic E-state index is 13.2. The first kappa shape index (κ1) is 17.7. The molecule has 2 aliphatic rings. The van der Waals surface area contributed by atoms with Crippen molar-refractivity contribution >= 4 is 35.0 Å². The number of likely N-dealkylation sites (N-methyl/N-ethyl adjacent to an activating group) is 1. The fourth-order valence-electron chi connectivity index (χ4n) is 3.63. The van der Waals surface area contributed by atoms with Gasteiger partial charge in [0.25, 0.3) is 5.91 Å². The van der Waals surface area contributed by atoms with Gasteiger partial charge < -0.3 is 15.1 Å². The molecule has 1 aromatic carbocycles. The zero-order valence-electron chi connectivity index (χ0n) is 14.4. The van der Waals surface area contributed by atoms with Gasteiger partial charge in [-0.25, -0.2) is 0 Å². The van der Waals surface area contributed by atoms with Crippen molar-refractivity contribution in [3.63, 3.8) is 0 Å². The Morgan fingerprint density at radius 2 is 2.00 bits per heavy atom. The third kappa shape index (κ3) is 3.49. The third-order valence-corrected chi connectivity index (χ3v) is 5.22. The highest BCUT2D eigenvalue weighted by Crippen LogP contribution is 2.33. The van der Waals surface area contributed by atoms with E-state index in [0.29, 0.717) is 35.7 Å². The van der Waals surface area contributed by atoms with Crippen LogP contribution in [0.25, 0.3) is 0 Å². The molecule has 1 aromatic rings. The van der Waals surface area contributed by atoms with Crippen molar-refractivity contribution < 1.29 is 14.4 Å². The standard InChI is InChI=1S/C18H22ClN3O3/c1-3-16(23)20-15-8-11(19)4-7-14(15)18(25)22-12-5-6-13(22)10-21(2)17(24)9-12/h4,7-8,12-13H,3,5-6,9-10H2,1-2H3,(H,20,23)/t12-,13+/m1/s1. The Hall–Kier alpha value is -2.08. The van der Waals surface area contributed by atoms with E-state index in [2.05, 4.69) is 5.32 Å². The summed E-state index contributed by atoms with van der Waals surface area (Å²) in [6.45, 7) is 2.29. The van der Waals surface area contributed by atoms with Gasteiger partial charge in [-0.1, -0.05) is 18.5 Å². The van der Waals surface area contributed by atoms with Crippen molar-refractivity contribution in [3.8, 4) is 0 Å². The van der Waals surface area contributed by atoms with E-state index in [4.69, 9.17) is 11.6 Å². The lowest BCUT2D eigenvalue weighted by Gasteiger charge is -2.29. The number of amides is 3. The van der Waals surface area contributed by atoms with Crippen molar-refractivity contribution in [3.05, 3.63) is 28.8 Å². The van der Waals surface area contributed by atoms with E-state index < -0.39 is 0 Å². The summed E-state index contributed by atoms with van der Waals surface area (Å²) in [4.78, 5) is 40.7. The number of nitrogens with zero attached hydrogens (tertiary/aromatic N) is 2. The fraction of sp³-hybridized carbons (Fsp3) is 0.500. The molecule has 0 unspecified atom stereocenters. The van der Waals surface area contributed by atoms with E-state index in [-0.39, 0.29) is 29.8 Å². The quantitative estimate of drug-likeness (QED) is 0.897. The zero-order valence-corrected chi connectivity index (χ0v) is 15.2. The molecule has 3 rings (SSSR count). The molecule has 1 N–H and O–H groups in total. The number of hydrogen-bond acceptors (Lipinski definition) is 3. The molecule has 2 fully saturated rings. The van der Waals surface area contributed by atoms with Crippen LogP contribution in [0.4, 0.5) is 5.69 Å². The summed E-state index contributed by atoms with van der Waals surface area (Å²) in [6.07, 6.45) is 2.38. The predicted octanol–water partition coefficient (Wildman–Crippen LogP) is 2.52. The number of carbonyl (C=O) groups is 3. The van der Waals surface area contributed by atoms with Crippen molar-refractivity contribution in [2.45, 2.75) is 44.7 Å². The molecule has 2 heterocycles. The van der Waals surface area contributed by atoms with Gasteiger partial charge in [0.05, 0.1) is 11.3 Å². The van der Waals surface area contributed by atoms with Gasteiger partial charge >= 0.3 is 0 Å². The Labute approximate surface area is 152 Å². The number of anilines is 1. The van der Waals surface area contributed by atoms with Gasteiger partial charge in [0.1, 0.15) is 0 Å². The van der Waals surface area contributed by atoms with Crippen LogP contribution in [0.15, 0.2) is 18.2 Å². The first-order valence-corrected chi connectivity index (χ1v) is 8.94. The Kier molecular flexibility index (Phi) is 4.99. The highest BCUT2D eigenvalue weighted by molar-refractivity contribution is 6.31. The first-order valence-electron chi connectivity index (χ1n) is 8.56. The second-order valence-electron chi connectivity index (χ2n) is 6.67. The summed E-state index contributed by atoms with van der Waals surface area (Å²) in [5, 5.41) is 3.21. The van der Waals surface area contributed by atoms with Gasteiger partial charge in [0.15, 0.2) is 0 Å². The van der Waals surface area contributed by atoms with E-state index in [0.717, 1.165) is 12.8 Å². The maximum atomic E-state index is 13.2. The van der Waals surface area contributed by atoms with Crippen LogP contribution in [-0.2, 0) is 9.59 Å². The molecule has 0 spiro atoms. The third-order valence-electron chi connectivity index (χ3n) is 4.98. The number of halogens is 1. The second-order valence-corrected chi connectivity index (χ2v) is 7.10. The Morgan fingerprint density at radius 3 is 2.72 bits per heavy atom. The van der Waals surface area contributed by atoms with Gasteiger partial charge in [0.2, 0.25) is 11.8 Å². The SMILES string of the molecule is CCC(=O)Nc1cc(Cl)ccc1C(=O)N1[C@@H]2CC[C@H]1CN(C)C(=O)C2. The molecule has 2 atom stereocenters. The number of fused-ring (bicyclic) bond motifs is 2. The van der Waals surface area contributed by atoms with Gasteiger partial charge in [0, 0.05) is 43.5 Å². The molecule has 0 aliphatic carbocycles. The van der Waals surface area contributed by atoms with E-state index in [9.17, 15) is 14.4 Å². The molecular weight excluding hydrogens is 342 g/mol. The van der Waals surface area contributed by atoms with Crippen molar-refractivity contribution in [2.75, 3.05) is 18.9 Å². The Morgan fingerprint density at radius 1 is 1.28 bits per heavy atom. The van der Waals surface area contributed by atoms with Gasteiger partial charge in [-0.05, 0) is 31.0 Å². The molecule has 3 amide bonds. The van der Waals surface area contributed by atoms with Crippen LogP contribution < -0.4 is 5.32 Å². The topological polar surface area (TPSA) is 69.7 Å². The predicted molar refractivity (Wildman–Crippen MR) is 95.6 cm³/mol. The molecule has 7 heteroatoms. The fourth-order valence-corrected chi connectivity index (χ4v) is 3.80. The molecule has 0 radical (unpaired) electrons. The van der Waals surface area contributed by atoms with E-state index in [1.54, 1.807) is 37.1 Å². The summed E-state index contributed by atoms with van der Waals surface area (Å²) < 4.78 is 0. The Balaban J connectivity index is 1.93. The highest BCUT2D eigenvalue weighted by Gasteiger charge is 2.42. The Bertz CT molecular complexity index is 722. The summed E-state index contributed by atoms with van der Waals surface area (Å²) in [7, 11) is 1.78. The highest BCUT2D eigenvalue weighted by atomic mass is 35.5.